The van der Waals surface area contributed by atoms with Gasteiger partial charge in [0.05, 0.1) is 11.5 Å². The van der Waals surface area contributed by atoms with Crippen LogP contribution in [-0.2, 0) is 15.7 Å². The fraction of sp³-hybridized carbons (Fsp3) is 0.471. The third-order valence-corrected chi connectivity index (χ3v) is 4.05. The van der Waals surface area contributed by atoms with Crippen LogP contribution in [0.4, 0.5) is 13.2 Å². The van der Waals surface area contributed by atoms with Crippen molar-refractivity contribution in [3.63, 3.8) is 0 Å². The Bertz CT molecular complexity index is 672. The van der Waals surface area contributed by atoms with Crippen LogP contribution in [0.15, 0.2) is 24.3 Å². The lowest BCUT2D eigenvalue weighted by Crippen LogP contribution is -2.41. The fourth-order valence-electron chi connectivity index (χ4n) is 2.60. The number of esters is 1. The minimum absolute atomic E-state index is 0.173. The molecule has 0 radical (unpaired) electrons. The first-order chi connectivity index (χ1) is 11.7. The molecule has 1 aromatic carbocycles. The maximum atomic E-state index is 12.6. The molecule has 1 aromatic rings. The number of nitriles is 1. The largest absolute Gasteiger partial charge is 0.447 e. The molecule has 0 spiro atoms. The number of hydrogen-bond donors (Lipinski definition) is 0. The molecule has 25 heavy (non-hydrogen) atoms. The molecule has 5 nitrogen and oxygen atoms in total. The number of amides is 1. The van der Waals surface area contributed by atoms with Crippen molar-refractivity contribution in [2.24, 2.45) is 5.92 Å². The number of benzene rings is 1. The van der Waals surface area contributed by atoms with E-state index in [0.29, 0.717) is 25.9 Å². The SMILES string of the molecule is CC(C#N)OC(=O)C1CCN(C(=O)c2ccc(C(F)(F)F)cc2)CC1. The zero-order valence-electron chi connectivity index (χ0n) is 13.5. The Morgan fingerprint density at radius 3 is 2.28 bits per heavy atom. The zero-order valence-corrected chi connectivity index (χ0v) is 13.5. The summed E-state index contributed by atoms with van der Waals surface area (Å²) in [6.45, 7) is 2.09. The average molecular weight is 354 g/mol. The van der Waals surface area contributed by atoms with Gasteiger partial charge in [-0.15, -0.1) is 0 Å². The number of carbonyl (C=O) groups is 2. The summed E-state index contributed by atoms with van der Waals surface area (Å²) in [4.78, 5) is 25.7. The van der Waals surface area contributed by atoms with Crippen molar-refractivity contribution in [2.75, 3.05) is 13.1 Å². The first kappa shape index (κ1) is 18.8. The molecule has 0 aromatic heterocycles. The number of nitrogens with zero attached hydrogens (tertiary/aromatic N) is 2. The smallest absolute Gasteiger partial charge is 0.416 e. The summed E-state index contributed by atoms with van der Waals surface area (Å²) in [5, 5.41) is 8.64. The molecular formula is C17H17F3N2O3. The molecule has 0 saturated carbocycles. The van der Waals surface area contributed by atoms with Gasteiger partial charge in [-0.2, -0.15) is 18.4 Å². The van der Waals surface area contributed by atoms with Gasteiger partial charge in [0, 0.05) is 18.7 Å². The van der Waals surface area contributed by atoms with Crippen LogP contribution >= 0.6 is 0 Å². The van der Waals surface area contributed by atoms with E-state index in [9.17, 15) is 22.8 Å². The summed E-state index contributed by atoms with van der Waals surface area (Å²) in [6.07, 6.45) is -4.48. The van der Waals surface area contributed by atoms with E-state index < -0.39 is 23.8 Å². The maximum Gasteiger partial charge on any atom is 0.416 e. The molecule has 1 aliphatic heterocycles. The molecule has 2 rings (SSSR count). The number of carbonyl (C=O) groups excluding carboxylic acids is 2. The van der Waals surface area contributed by atoms with Crippen LogP contribution in [-0.4, -0.2) is 36.0 Å². The molecule has 1 saturated heterocycles. The van der Waals surface area contributed by atoms with Gasteiger partial charge in [0.15, 0.2) is 6.10 Å². The second-order valence-electron chi connectivity index (χ2n) is 5.85. The predicted molar refractivity (Wildman–Crippen MR) is 81.2 cm³/mol. The van der Waals surface area contributed by atoms with Crippen molar-refractivity contribution in [1.29, 1.82) is 5.26 Å². The minimum atomic E-state index is -4.44. The third kappa shape index (κ3) is 4.72. The molecule has 1 heterocycles. The number of alkyl halides is 3. The predicted octanol–water partition coefficient (Wildman–Crippen LogP) is 3.01. The minimum Gasteiger partial charge on any atom is -0.447 e. The summed E-state index contributed by atoms with van der Waals surface area (Å²) in [7, 11) is 0. The Balaban J connectivity index is 1.93. The molecule has 1 atom stereocenters. The lowest BCUT2D eigenvalue weighted by molar-refractivity contribution is -0.152. The van der Waals surface area contributed by atoms with Gasteiger partial charge in [-0.25, -0.2) is 0 Å². The molecule has 134 valence electrons. The molecule has 0 aliphatic carbocycles. The van der Waals surface area contributed by atoms with Gasteiger partial charge in [0.2, 0.25) is 0 Å². The van der Waals surface area contributed by atoms with Crippen LogP contribution < -0.4 is 0 Å². The molecular weight excluding hydrogens is 337 g/mol. The molecule has 8 heteroatoms. The normalized spacial score (nSPS) is 16.8. The highest BCUT2D eigenvalue weighted by atomic mass is 19.4. The molecule has 1 fully saturated rings. The summed E-state index contributed by atoms with van der Waals surface area (Å²) in [5.74, 6) is -1.21. The van der Waals surface area contributed by atoms with E-state index in [2.05, 4.69) is 0 Å². The van der Waals surface area contributed by atoms with E-state index in [1.54, 1.807) is 0 Å². The van der Waals surface area contributed by atoms with E-state index in [-0.39, 0.29) is 17.4 Å². The van der Waals surface area contributed by atoms with Gasteiger partial charge in [-0.3, -0.25) is 9.59 Å². The first-order valence-corrected chi connectivity index (χ1v) is 7.79. The Morgan fingerprint density at radius 1 is 1.24 bits per heavy atom. The van der Waals surface area contributed by atoms with Crippen LogP contribution in [0.5, 0.6) is 0 Å². The van der Waals surface area contributed by atoms with Crippen molar-refractivity contribution in [3.8, 4) is 6.07 Å². The number of piperidine rings is 1. The van der Waals surface area contributed by atoms with Crippen molar-refractivity contribution >= 4 is 11.9 Å². The van der Waals surface area contributed by atoms with Gasteiger partial charge < -0.3 is 9.64 Å². The Hall–Kier alpha value is -2.56. The number of ether oxygens (including phenoxy) is 1. The highest BCUT2D eigenvalue weighted by Crippen LogP contribution is 2.29. The van der Waals surface area contributed by atoms with Crippen molar-refractivity contribution < 1.29 is 27.5 Å². The molecule has 1 aliphatic rings. The average Bonchev–Trinajstić information content (AvgIpc) is 2.60. The molecule has 0 bridgehead atoms. The number of halogens is 3. The summed E-state index contributed by atoms with van der Waals surface area (Å²) in [6, 6.07) is 5.87. The van der Waals surface area contributed by atoms with Crippen LogP contribution in [0.1, 0.15) is 35.7 Å². The zero-order chi connectivity index (χ0) is 18.6. The summed E-state index contributed by atoms with van der Waals surface area (Å²) in [5.41, 5.74) is -0.635. The van der Waals surface area contributed by atoms with E-state index in [0.717, 1.165) is 24.3 Å². The lowest BCUT2D eigenvalue weighted by atomic mass is 9.96. The molecule has 1 unspecified atom stereocenters. The summed E-state index contributed by atoms with van der Waals surface area (Å²) < 4.78 is 42.6. The van der Waals surface area contributed by atoms with Gasteiger partial charge in [-0.1, -0.05) is 0 Å². The molecule has 1 amide bonds. The van der Waals surface area contributed by atoms with E-state index in [4.69, 9.17) is 10.00 Å². The van der Waals surface area contributed by atoms with Crippen LogP contribution in [0.3, 0.4) is 0 Å². The van der Waals surface area contributed by atoms with Crippen LogP contribution in [0, 0.1) is 17.2 Å². The highest BCUT2D eigenvalue weighted by molar-refractivity contribution is 5.94. The second-order valence-corrected chi connectivity index (χ2v) is 5.85. The van der Waals surface area contributed by atoms with E-state index >= 15 is 0 Å². The van der Waals surface area contributed by atoms with Crippen LogP contribution in [0.2, 0.25) is 0 Å². The quantitative estimate of drug-likeness (QED) is 0.783. The van der Waals surface area contributed by atoms with E-state index in [1.807, 2.05) is 6.07 Å². The highest BCUT2D eigenvalue weighted by Gasteiger charge is 2.32. The number of rotatable bonds is 3. The van der Waals surface area contributed by atoms with E-state index in [1.165, 1.54) is 11.8 Å². The second kappa shape index (κ2) is 7.55. The van der Waals surface area contributed by atoms with Crippen LogP contribution in [0.25, 0.3) is 0 Å². The lowest BCUT2D eigenvalue weighted by Gasteiger charge is -2.31. The number of likely N-dealkylation sites (tertiary alicyclic amines) is 1. The Morgan fingerprint density at radius 2 is 1.80 bits per heavy atom. The van der Waals surface area contributed by atoms with Gasteiger partial charge in [0.1, 0.15) is 6.07 Å². The van der Waals surface area contributed by atoms with Gasteiger partial charge >= 0.3 is 12.1 Å². The number of hydrogen-bond acceptors (Lipinski definition) is 4. The Labute approximate surface area is 143 Å². The first-order valence-electron chi connectivity index (χ1n) is 7.79. The third-order valence-electron chi connectivity index (χ3n) is 4.05. The fourth-order valence-corrected chi connectivity index (χ4v) is 2.60. The Kier molecular flexibility index (Phi) is 5.67. The standard InChI is InChI=1S/C17H17F3N2O3/c1-11(10-21)25-16(24)13-6-8-22(9-7-13)15(23)12-2-4-14(5-3-12)17(18,19)20/h2-5,11,13H,6-9H2,1H3. The summed E-state index contributed by atoms with van der Waals surface area (Å²) >= 11 is 0. The van der Waals surface area contributed by atoms with Gasteiger partial charge in [-0.05, 0) is 44.0 Å². The molecule has 0 N–H and O–H groups in total. The van der Waals surface area contributed by atoms with Crippen molar-refractivity contribution in [3.05, 3.63) is 35.4 Å². The topological polar surface area (TPSA) is 70.4 Å². The van der Waals surface area contributed by atoms with Crippen molar-refractivity contribution in [1.82, 2.24) is 4.90 Å². The maximum absolute atomic E-state index is 12.6. The van der Waals surface area contributed by atoms with Gasteiger partial charge in [0.25, 0.3) is 5.91 Å². The van der Waals surface area contributed by atoms with Crippen molar-refractivity contribution in [2.45, 2.75) is 32.0 Å². The monoisotopic (exact) mass is 354 g/mol.